The van der Waals surface area contributed by atoms with Crippen molar-refractivity contribution in [3.05, 3.63) is 53.3 Å². The van der Waals surface area contributed by atoms with Crippen molar-refractivity contribution in [1.82, 2.24) is 25.1 Å². The average molecular weight is 371 g/mol. The molecule has 26 heavy (non-hydrogen) atoms. The normalized spacial score (nSPS) is 13.7. The molecule has 0 atom stereocenters. The van der Waals surface area contributed by atoms with Gasteiger partial charge in [0.1, 0.15) is 23.0 Å². The first-order valence-corrected chi connectivity index (χ1v) is 9.42. The van der Waals surface area contributed by atoms with E-state index < -0.39 is 0 Å². The van der Waals surface area contributed by atoms with Gasteiger partial charge in [-0.15, -0.1) is 21.5 Å². The number of amides is 1. The Hall–Kier alpha value is -2.61. The van der Waals surface area contributed by atoms with Crippen LogP contribution in [0.1, 0.15) is 30.4 Å². The van der Waals surface area contributed by atoms with Crippen molar-refractivity contribution >= 4 is 17.2 Å². The zero-order chi connectivity index (χ0) is 17.9. The number of aromatic nitrogens is 4. The Balaban J connectivity index is 1.29. The van der Waals surface area contributed by atoms with E-state index >= 15 is 0 Å². The van der Waals surface area contributed by atoms with Gasteiger partial charge in [-0.1, -0.05) is 12.1 Å². The molecule has 8 heteroatoms. The number of hydrogen-bond acceptors (Lipinski definition) is 5. The molecule has 3 aromatic rings. The molecular weight excluding hydrogens is 353 g/mol. The molecule has 0 bridgehead atoms. The van der Waals surface area contributed by atoms with Crippen LogP contribution in [0.3, 0.4) is 0 Å². The summed E-state index contributed by atoms with van der Waals surface area (Å²) < 4.78 is 15.4. The summed E-state index contributed by atoms with van der Waals surface area (Å²) >= 11 is 1.41. The third-order valence-corrected chi connectivity index (χ3v) is 5.16. The molecule has 134 valence electrons. The van der Waals surface area contributed by atoms with E-state index in [4.69, 9.17) is 0 Å². The molecule has 1 fully saturated rings. The van der Waals surface area contributed by atoms with Crippen molar-refractivity contribution in [3.63, 3.8) is 0 Å². The lowest BCUT2D eigenvalue weighted by Gasteiger charge is -2.06. The Labute approximate surface area is 154 Å². The first-order chi connectivity index (χ1) is 12.7. The van der Waals surface area contributed by atoms with E-state index in [1.807, 2.05) is 11.4 Å². The number of thiazole rings is 1. The first kappa shape index (κ1) is 16.8. The zero-order valence-corrected chi connectivity index (χ0v) is 14.9. The van der Waals surface area contributed by atoms with Crippen molar-refractivity contribution < 1.29 is 9.18 Å². The highest BCUT2D eigenvalue weighted by atomic mass is 32.1. The quantitative estimate of drug-likeness (QED) is 0.693. The Morgan fingerprint density at radius 2 is 2.27 bits per heavy atom. The lowest BCUT2D eigenvalue weighted by atomic mass is 10.2. The second-order valence-corrected chi connectivity index (χ2v) is 7.17. The minimum Gasteiger partial charge on any atom is -0.355 e. The van der Waals surface area contributed by atoms with E-state index in [0.717, 1.165) is 11.4 Å². The molecular formula is C18H18FN5OS. The van der Waals surface area contributed by atoms with Crippen LogP contribution in [0.2, 0.25) is 0 Å². The molecule has 0 aliphatic heterocycles. The lowest BCUT2D eigenvalue weighted by Crippen LogP contribution is -2.28. The van der Waals surface area contributed by atoms with Crippen LogP contribution in [0.25, 0.3) is 10.6 Å². The highest BCUT2D eigenvalue weighted by Crippen LogP contribution is 2.35. The summed E-state index contributed by atoms with van der Waals surface area (Å²) in [4.78, 5) is 16.6. The molecule has 1 aliphatic rings. The van der Waals surface area contributed by atoms with E-state index in [-0.39, 0.29) is 18.1 Å². The SMILES string of the molecule is O=C(Cc1csc(-c2cccc(F)c2)n1)NCCc1nncn1C1CC1. The largest absolute Gasteiger partial charge is 0.355 e. The van der Waals surface area contributed by atoms with Gasteiger partial charge in [-0.25, -0.2) is 9.37 Å². The van der Waals surface area contributed by atoms with Gasteiger partial charge in [-0.3, -0.25) is 4.79 Å². The Morgan fingerprint density at radius 1 is 1.38 bits per heavy atom. The predicted molar refractivity (Wildman–Crippen MR) is 96.2 cm³/mol. The molecule has 4 rings (SSSR count). The number of hydrogen-bond donors (Lipinski definition) is 1. The number of nitrogens with zero attached hydrogens (tertiary/aromatic N) is 4. The monoisotopic (exact) mass is 371 g/mol. The smallest absolute Gasteiger partial charge is 0.226 e. The van der Waals surface area contributed by atoms with Gasteiger partial charge in [0.05, 0.1) is 12.1 Å². The second-order valence-electron chi connectivity index (χ2n) is 6.32. The molecule has 2 heterocycles. The van der Waals surface area contributed by atoms with E-state index in [2.05, 4.69) is 25.1 Å². The van der Waals surface area contributed by atoms with Crippen LogP contribution in [0.5, 0.6) is 0 Å². The summed E-state index contributed by atoms with van der Waals surface area (Å²) in [7, 11) is 0. The number of carbonyl (C=O) groups excluding carboxylic acids is 1. The summed E-state index contributed by atoms with van der Waals surface area (Å²) in [6.45, 7) is 0.519. The van der Waals surface area contributed by atoms with Gasteiger partial charge in [0.2, 0.25) is 5.91 Å². The number of carbonyl (C=O) groups is 1. The van der Waals surface area contributed by atoms with Crippen LogP contribution in [0.15, 0.2) is 36.0 Å². The predicted octanol–water partition coefficient (Wildman–Crippen LogP) is 2.78. The van der Waals surface area contributed by atoms with Gasteiger partial charge in [0.25, 0.3) is 0 Å². The van der Waals surface area contributed by atoms with E-state index in [1.54, 1.807) is 12.4 Å². The van der Waals surface area contributed by atoms with E-state index in [9.17, 15) is 9.18 Å². The third-order valence-electron chi connectivity index (χ3n) is 4.22. The Kier molecular flexibility index (Phi) is 4.75. The van der Waals surface area contributed by atoms with Gasteiger partial charge in [-0.05, 0) is 25.0 Å². The number of halogens is 1. The van der Waals surface area contributed by atoms with Crippen molar-refractivity contribution in [3.8, 4) is 10.6 Å². The maximum atomic E-state index is 13.3. The van der Waals surface area contributed by atoms with Crippen LogP contribution in [-0.4, -0.2) is 32.2 Å². The highest BCUT2D eigenvalue weighted by molar-refractivity contribution is 7.13. The number of nitrogens with one attached hydrogen (secondary N) is 1. The standard InChI is InChI=1S/C18H18FN5OS/c19-13-3-1-2-12(8-13)18-22-14(10-26-18)9-17(25)20-7-6-16-23-21-11-24(16)15-4-5-15/h1-3,8,10-11,15H,4-7,9H2,(H,20,25). The number of benzene rings is 1. The summed E-state index contributed by atoms with van der Waals surface area (Å²) in [6.07, 6.45) is 4.98. The Bertz CT molecular complexity index is 918. The molecule has 0 spiro atoms. The maximum Gasteiger partial charge on any atom is 0.226 e. The fraction of sp³-hybridized carbons (Fsp3) is 0.333. The molecule has 0 saturated heterocycles. The first-order valence-electron chi connectivity index (χ1n) is 8.54. The molecule has 0 radical (unpaired) electrons. The maximum absolute atomic E-state index is 13.3. The van der Waals surface area contributed by atoms with Gasteiger partial charge in [-0.2, -0.15) is 0 Å². The van der Waals surface area contributed by atoms with Gasteiger partial charge in [0.15, 0.2) is 0 Å². The molecule has 1 aliphatic carbocycles. The molecule has 1 amide bonds. The van der Waals surface area contributed by atoms with Crippen LogP contribution < -0.4 is 5.32 Å². The third kappa shape index (κ3) is 3.96. The molecule has 6 nitrogen and oxygen atoms in total. The summed E-state index contributed by atoms with van der Waals surface area (Å²) in [5.74, 6) is 0.532. The highest BCUT2D eigenvalue weighted by Gasteiger charge is 2.25. The summed E-state index contributed by atoms with van der Waals surface area (Å²) in [5, 5.41) is 13.5. The van der Waals surface area contributed by atoms with E-state index in [0.29, 0.717) is 29.7 Å². The fourth-order valence-corrected chi connectivity index (χ4v) is 3.60. The lowest BCUT2D eigenvalue weighted by molar-refractivity contribution is -0.120. The van der Waals surface area contributed by atoms with E-state index in [1.165, 1.54) is 36.3 Å². The van der Waals surface area contributed by atoms with Crippen molar-refractivity contribution in [2.24, 2.45) is 0 Å². The van der Waals surface area contributed by atoms with Crippen LogP contribution in [-0.2, 0) is 17.6 Å². The van der Waals surface area contributed by atoms with Crippen LogP contribution >= 0.6 is 11.3 Å². The number of rotatable bonds is 7. The molecule has 2 aromatic heterocycles. The second kappa shape index (κ2) is 7.33. The molecule has 1 N–H and O–H groups in total. The van der Waals surface area contributed by atoms with Gasteiger partial charge >= 0.3 is 0 Å². The molecule has 1 aromatic carbocycles. The van der Waals surface area contributed by atoms with Gasteiger partial charge < -0.3 is 9.88 Å². The Morgan fingerprint density at radius 3 is 3.08 bits per heavy atom. The topological polar surface area (TPSA) is 72.7 Å². The summed E-state index contributed by atoms with van der Waals surface area (Å²) in [5.41, 5.74) is 1.41. The van der Waals surface area contributed by atoms with Crippen molar-refractivity contribution in [2.75, 3.05) is 6.54 Å². The van der Waals surface area contributed by atoms with Gasteiger partial charge in [0, 0.05) is 30.0 Å². The fourth-order valence-electron chi connectivity index (χ4n) is 2.79. The van der Waals surface area contributed by atoms with Crippen molar-refractivity contribution in [1.29, 1.82) is 0 Å². The molecule has 0 unspecified atom stereocenters. The molecule has 1 saturated carbocycles. The average Bonchev–Trinajstić information content (AvgIpc) is 3.18. The zero-order valence-electron chi connectivity index (χ0n) is 14.1. The summed E-state index contributed by atoms with van der Waals surface area (Å²) in [6, 6.07) is 6.83. The van der Waals surface area contributed by atoms with Crippen LogP contribution in [0.4, 0.5) is 4.39 Å². The minimum absolute atomic E-state index is 0.0846. The van der Waals surface area contributed by atoms with Crippen molar-refractivity contribution in [2.45, 2.75) is 31.7 Å². The minimum atomic E-state index is -0.295. The van der Waals surface area contributed by atoms with Crippen LogP contribution in [0, 0.1) is 5.82 Å².